The van der Waals surface area contributed by atoms with Gasteiger partial charge in [-0.05, 0) is 35.6 Å². The number of nitrogens with one attached hydrogen (secondary N) is 1. The van der Waals surface area contributed by atoms with Crippen LogP contribution in [0.3, 0.4) is 0 Å². The fourth-order valence-electron chi connectivity index (χ4n) is 1.79. The number of thiophene rings is 1. The van der Waals surface area contributed by atoms with Crippen molar-refractivity contribution in [3.05, 3.63) is 35.0 Å². The second-order valence-corrected chi connectivity index (χ2v) is 5.33. The molecule has 2 rings (SSSR count). The summed E-state index contributed by atoms with van der Waals surface area (Å²) in [6.45, 7) is 4.21. The number of hydrazine groups is 1. The fourth-order valence-corrected chi connectivity index (χ4v) is 3.07. The second kappa shape index (κ2) is 4.49. The van der Waals surface area contributed by atoms with E-state index in [0.717, 1.165) is 15.0 Å². The van der Waals surface area contributed by atoms with Crippen molar-refractivity contribution in [3.8, 4) is 0 Å². The molecule has 1 unspecified atom stereocenters. The van der Waals surface area contributed by atoms with E-state index in [1.54, 1.807) is 17.4 Å². The zero-order valence-electron chi connectivity index (χ0n) is 9.33. The maximum absolute atomic E-state index is 13.1. The van der Waals surface area contributed by atoms with Gasteiger partial charge in [0.05, 0.1) is 6.04 Å². The zero-order chi connectivity index (χ0) is 11.7. The van der Waals surface area contributed by atoms with E-state index in [2.05, 4.69) is 19.3 Å². The molecule has 0 aliphatic heterocycles. The van der Waals surface area contributed by atoms with Crippen LogP contribution in [0.4, 0.5) is 4.39 Å². The Morgan fingerprint density at radius 3 is 2.69 bits per heavy atom. The van der Waals surface area contributed by atoms with Gasteiger partial charge in [-0.1, -0.05) is 13.8 Å². The Morgan fingerprint density at radius 1 is 1.31 bits per heavy atom. The largest absolute Gasteiger partial charge is 0.271 e. The minimum absolute atomic E-state index is 0.125. The molecule has 1 heterocycles. The third-order valence-corrected chi connectivity index (χ3v) is 3.85. The van der Waals surface area contributed by atoms with Crippen molar-refractivity contribution in [2.45, 2.75) is 19.9 Å². The number of benzene rings is 1. The summed E-state index contributed by atoms with van der Waals surface area (Å²) in [7, 11) is 0. The van der Waals surface area contributed by atoms with Crippen LogP contribution in [0.15, 0.2) is 24.3 Å². The van der Waals surface area contributed by atoms with Crippen LogP contribution in [0.25, 0.3) is 10.1 Å². The van der Waals surface area contributed by atoms with E-state index in [4.69, 9.17) is 5.84 Å². The van der Waals surface area contributed by atoms with E-state index >= 15 is 0 Å². The van der Waals surface area contributed by atoms with Crippen LogP contribution in [0.5, 0.6) is 0 Å². The minimum atomic E-state index is -0.196. The van der Waals surface area contributed by atoms with Crippen molar-refractivity contribution >= 4 is 21.4 Å². The molecule has 3 N–H and O–H groups in total. The summed E-state index contributed by atoms with van der Waals surface area (Å²) in [5.74, 6) is 5.75. The first-order valence-corrected chi connectivity index (χ1v) is 6.08. The molecule has 0 fully saturated rings. The van der Waals surface area contributed by atoms with Crippen LogP contribution < -0.4 is 11.3 Å². The standard InChI is InChI=1S/C12H15FN2S/c1-7(2)12(15-14)11-6-8-5-9(13)3-4-10(8)16-11/h3-7,12,15H,14H2,1-2H3. The lowest BCUT2D eigenvalue weighted by Crippen LogP contribution is -2.30. The van der Waals surface area contributed by atoms with Gasteiger partial charge in [-0.3, -0.25) is 11.3 Å². The van der Waals surface area contributed by atoms with Crippen molar-refractivity contribution in [1.29, 1.82) is 0 Å². The number of hydrogen-bond acceptors (Lipinski definition) is 3. The van der Waals surface area contributed by atoms with E-state index in [0.29, 0.717) is 5.92 Å². The quantitative estimate of drug-likeness (QED) is 0.636. The Balaban J connectivity index is 2.45. The molecule has 0 aliphatic rings. The Kier molecular flexibility index (Phi) is 3.23. The smallest absolute Gasteiger partial charge is 0.123 e. The highest BCUT2D eigenvalue weighted by Crippen LogP contribution is 2.33. The third kappa shape index (κ3) is 2.09. The van der Waals surface area contributed by atoms with Gasteiger partial charge in [-0.25, -0.2) is 4.39 Å². The predicted octanol–water partition coefficient (Wildman–Crippen LogP) is 3.20. The van der Waals surface area contributed by atoms with Gasteiger partial charge >= 0.3 is 0 Å². The predicted molar refractivity (Wildman–Crippen MR) is 66.7 cm³/mol. The number of fused-ring (bicyclic) bond motifs is 1. The topological polar surface area (TPSA) is 38.0 Å². The van der Waals surface area contributed by atoms with Gasteiger partial charge in [0.25, 0.3) is 0 Å². The maximum atomic E-state index is 13.1. The molecule has 2 aromatic rings. The van der Waals surface area contributed by atoms with Crippen LogP contribution in [-0.4, -0.2) is 0 Å². The summed E-state index contributed by atoms with van der Waals surface area (Å²) >= 11 is 1.66. The Morgan fingerprint density at radius 2 is 2.06 bits per heavy atom. The van der Waals surface area contributed by atoms with Crippen LogP contribution in [-0.2, 0) is 0 Å². The molecule has 1 atom stereocenters. The van der Waals surface area contributed by atoms with Crippen molar-refractivity contribution < 1.29 is 4.39 Å². The summed E-state index contributed by atoms with van der Waals surface area (Å²) < 4.78 is 14.1. The molecular weight excluding hydrogens is 223 g/mol. The van der Waals surface area contributed by atoms with Crippen LogP contribution in [0, 0.1) is 11.7 Å². The van der Waals surface area contributed by atoms with Gasteiger partial charge in [-0.15, -0.1) is 11.3 Å². The van der Waals surface area contributed by atoms with Gasteiger partial charge < -0.3 is 0 Å². The van der Waals surface area contributed by atoms with Crippen LogP contribution in [0.1, 0.15) is 24.8 Å². The number of hydrogen-bond donors (Lipinski definition) is 2. The zero-order valence-corrected chi connectivity index (χ0v) is 10.1. The highest BCUT2D eigenvalue weighted by atomic mass is 32.1. The Bertz CT molecular complexity index is 493. The normalized spacial score (nSPS) is 13.6. The summed E-state index contributed by atoms with van der Waals surface area (Å²) in [6, 6.07) is 6.99. The molecule has 0 saturated heterocycles. The van der Waals surface area contributed by atoms with Crippen molar-refractivity contribution in [1.82, 2.24) is 5.43 Å². The van der Waals surface area contributed by atoms with E-state index in [9.17, 15) is 4.39 Å². The summed E-state index contributed by atoms with van der Waals surface area (Å²) in [5, 5.41) is 0.945. The first-order chi connectivity index (χ1) is 7.61. The highest BCUT2D eigenvalue weighted by Gasteiger charge is 2.16. The molecule has 0 spiro atoms. The minimum Gasteiger partial charge on any atom is -0.271 e. The van der Waals surface area contributed by atoms with E-state index < -0.39 is 0 Å². The average molecular weight is 238 g/mol. The van der Waals surface area contributed by atoms with E-state index in [1.165, 1.54) is 6.07 Å². The molecule has 0 bridgehead atoms. The molecule has 2 nitrogen and oxygen atoms in total. The number of nitrogens with two attached hydrogens (primary N) is 1. The first-order valence-electron chi connectivity index (χ1n) is 5.27. The molecule has 1 aromatic carbocycles. The van der Waals surface area contributed by atoms with Crippen LogP contribution in [0.2, 0.25) is 0 Å². The highest BCUT2D eigenvalue weighted by molar-refractivity contribution is 7.19. The molecule has 16 heavy (non-hydrogen) atoms. The SMILES string of the molecule is CC(C)C(NN)c1cc2cc(F)ccc2s1. The van der Waals surface area contributed by atoms with Gasteiger partial charge in [0.15, 0.2) is 0 Å². The molecule has 0 radical (unpaired) electrons. The van der Waals surface area contributed by atoms with Crippen molar-refractivity contribution in [2.75, 3.05) is 0 Å². The monoisotopic (exact) mass is 238 g/mol. The van der Waals surface area contributed by atoms with E-state index in [-0.39, 0.29) is 11.9 Å². The second-order valence-electron chi connectivity index (χ2n) is 4.22. The lowest BCUT2D eigenvalue weighted by Gasteiger charge is -2.17. The van der Waals surface area contributed by atoms with Gasteiger partial charge in [-0.2, -0.15) is 0 Å². The molecular formula is C12H15FN2S. The van der Waals surface area contributed by atoms with Crippen molar-refractivity contribution in [2.24, 2.45) is 11.8 Å². The summed E-state index contributed by atoms with van der Waals surface area (Å²) in [4.78, 5) is 1.15. The van der Waals surface area contributed by atoms with Gasteiger partial charge in [0.1, 0.15) is 5.82 Å². The molecule has 86 valence electrons. The van der Waals surface area contributed by atoms with E-state index in [1.807, 2.05) is 12.1 Å². The first kappa shape index (κ1) is 11.5. The van der Waals surface area contributed by atoms with Gasteiger partial charge in [0, 0.05) is 9.58 Å². The lowest BCUT2D eigenvalue weighted by molar-refractivity contribution is 0.427. The molecule has 0 saturated carbocycles. The Labute approximate surface area is 98.2 Å². The van der Waals surface area contributed by atoms with Gasteiger partial charge in [0.2, 0.25) is 0 Å². The third-order valence-electron chi connectivity index (χ3n) is 2.65. The molecule has 0 amide bonds. The average Bonchev–Trinajstić information content (AvgIpc) is 2.60. The summed E-state index contributed by atoms with van der Waals surface area (Å²) in [6.07, 6.45) is 0. The fraction of sp³-hybridized carbons (Fsp3) is 0.333. The number of rotatable bonds is 3. The van der Waals surface area contributed by atoms with Crippen LogP contribution >= 0.6 is 11.3 Å². The lowest BCUT2D eigenvalue weighted by atomic mass is 10.0. The van der Waals surface area contributed by atoms with Crippen molar-refractivity contribution in [3.63, 3.8) is 0 Å². The Hall–Kier alpha value is -0.970. The molecule has 0 aliphatic carbocycles. The summed E-state index contributed by atoms with van der Waals surface area (Å²) in [5.41, 5.74) is 2.81. The molecule has 4 heteroatoms. The maximum Gasteiger partial charge on any atom is 0.123 e. The number of halogens is 1. The molecule has 1 aromatic heterocycles.